The normalized spacial score (nSPS) is 20.4. The molecule has 2 amide bonds. The smallest absolute Gasteiger partial charge is 0.260 e. The van der Waals surface area contributed by atoms with Crippen molar-refractivity contribution in [2.45, 2.75) is 23.9 Å². The first-order valence-electron chi connectivity index (χ1n) is 11.4. The lowest BCUT2D eigenvalue weighted by molar-refractivity contribution is -0.124. The summed E-state index contributed by atoms with van der Waals surface area (Å²) in [6.07, 6.45) is 2.21. The number of amides is 2. The Morgan fingerprint density at radius 3 is 2.27 bits per heavy atom. The van der Waals surface area contributed by atoms with Gasteiger partial charge in [-0.2, -0.15) is 4.31 Å². The molecule has 0 spiro atoms. The summed E-state index contributed by atoms with van der Waals surface area (Å²) in [4.78, 5) is 32.5. The lowest BCUT2D eigenvalue weighted by Gasteiger charge is -2.33. The van der Waals surface area contributed by atoms with E-state index in [9.17, 15) is 18.0 Å². The van der Waals surface area contributed by atoms with E-state index in [1.54, 1.807) is 25.1 Å². The van der Waals surface area contributed by atoms with Crippen molar-refractivity contribution in [1.29, 1.82) is 0 Å². The van der Waals surface area contributed by atoms with Crippen LogP contribution in [-0.4, -0.2) is 65.7 Å². The number of carbonyl (C=O) groups is 2. The van der Waals surface area contributed by atoms with Crippen LogP contribution in [0.4, 0.5) is 11.6 Å². The van der Waals surface area contributed by atoms with Crippen LogP contribution >= 0.6 is 39.1 Å². The Balaban J connectivity index is 1.64. The molecule has 0 saturated carbocycles. The van der Waals surface area contributed by atoms with Crippen molar-refractivity contribution < 1.29 is 18.0 Å². The number of anilines is 2. The minimum atomic E-state index is -4.04. The number of rotatable bonds is 6. The van der Waals surface area contributed by atoms with Crippen LogP contribution in [0, 0.1) is 0 Å². The molecule has 1 fully saturated rings. The van der Waals surface area contributed by atoms with Gasteiger partial charge in [-0.15, -0.1) is 0 Å². The second-order valence-corrected chi connectivity index (χ2v) is 12.8. The SMILES string of the molecule is CC1(Cc2ccc(Br)cc2)C(=O)N(c2cc(Cl)cc(Cl)c2)c2ncc(S(=O)(=O)N3CCN(C=O)CC3)n21. The summed E-state index contributed by atoms with van der Waals surface area (Å²) in [5, 5.41) is 0.567. The van der Waals surface area contributed by atoms with E-state index in [4.69, 9.17) is 23.2 Å². The van der Waals surface area contributed by atoms with Crippen LogP contribution in [0.15, 0.2) is 58.2 Å². The lowest BCUT2D eigenvalue weighted by Crippen LogP contribution is -2.49. The monoisotopic (exact) mass is 625 g/mol. The number of carbonyl (C=O) groups excluding carboxylic acids is 2. The Morgan fingerprint density at radius 2 is 1.68 bits per heavy atom. The van der Waals surface area contributed by atoms with Gasteiger partial charge in [0.15, 0.2) is 5.03 Å². The number of aromatic nitrogens is 2. The lowest BCUT2D eigenvalue weighted by atomic mass is 9.92. The molecule has 3 aromatic rings. The first-order valence-corrected chi connectivity index (χ1v) is 14.4. The summed E-state index contributed by atoms with van der Waals surface area (Å²) in [6, 6.07) is 12.2. The first kappa shape index (κ1) is 26.2. The van der Waals surface area contributed by atoms with Gasteiger partial charge < -0.3 is 4.90 Å². The largest absolute Gasteiger partial charge is 0.343 e. The third kappa shape index (κ3) is 4.57. The number of hydrogen-bond acceptors (Lipinski definition) is 5. The van der Waals surface area contributed by atoms with Gasteiger partial charge in [0.2, 0.25) is 12.4 Å². The van der Waals surface area contributed by atoms with Crippen molar-refractivity contribution in [1.82, 2.24) is 18.8 Å². The molecular formula is C24H22BrCl2N5O4S. The van der Waals surface area contributed by atoms with Crippen molar-refractivity contribution in [2.75, 3.05) is 31.1 Å². The molecule has 2 aliphatic rings. The van der Waals surface area contributed by atoms with Gasteiger partial charge in [-0.3, -0.25) is 14.2 Å². The van der Waals surface area contributed by atoms with Crippen LogP contribution < -0.4 is 4.90 Å². The molecule has 1 aromatic heterocycles. The van der Waals surface area contributed by atoms with E-state index in [0.717, 1.165) is 10.0 Å². The summed E-state index contributed by atoms with van der Waals surface area (Å²) in [7, 11) is -4.04. The predicted molar refractivity (Wildman–Crippen MR) is 144 cm³/mol. The fourth-order valence-electron chi connectivity index (χ4n) is 4.80. The minimum absolute atomic E-state index is 0.0920. The zero-order chi connectivity index (χ0) is 26.5. The predicted octanol–water partition coefficient (Wildman–Crippen LogP) is 4.05. The Morgan fingerprint density at radius 1 is 1.05 bits per heavy atom. The summed E-state index contributed by atoms with van der Waals surface area (Å²) in [5.41, 5.74) is -0.0911. The Bertz CT molecular complexity index is 1470. The third-order valence-corrected chi connectivity index (χ3v) is 9.49. The van der Waals surface area contributed by atoms with Crippen molar-refractivity contribution >= 4 is 73.1 Å². The van der Waals surface area contributed by atoms with Crippen LogP contribution in [0.3, 0.4) is 0 Å². The van der Waals surface area contributed by atoms with E-state index in [2.05, 4.69) is 20.9 Å². The molecule has 1 atom stereocenters. The van der Waals surface area contributed by atoms with E-state index >= 15 is 0 Å². The molecule has 0 radical (unpaired) electrons. The van der Waals surface area contributed by atoms with Crippen molar-refractivity contribution in [3.05, 3.63) is 68.7 Å². The minimum Gasteiger partial charge on any atom is -0.343 e. The highest BCUT2D eigenvalue weighted by atomic mass is 79.9. The molecule has 0 bridgehead atoms. The third-order valence-electron chi connectivity index (χ3n) is 6.66. The van der Waals surface area contributed by atoms with Gasteiger partial charge >= 0.3 is 0 Å². The van der Waals surface area contributed by atoms with Crippen LogP contribution in [0.2, 0.25) is 10.0 Å². The molecule has 1 unspecified atom stereocenters. The quantitative estimate of drug-likeness (QED) is 0.385. The average Bonchev–Trinajstić information content (AvgIpc) is 3.39. The molecule has 3 heterocycles. The molecular weight excluding hydrogens is 605 g/mol. The van der Waals surface area contributed by atoms with Gasteiger partial charge in [0.25, 0.3) is 15.9 Å². The van der Waals surface area contributed by atoms with Crippen molar-refractivity contribution in [3.63, 3.8) is 0 Å². The van der Waals surface area contributed by atoms with Crippen molar-refractivity contribution in [3.8, 4) is 0 Å². The number of benzene rings is 2. The second-order valence-electron chi connectivity index (χ2n) is 9.12. The molecule has 2 aromatic carbocycles. The number of nitrogens with zero attached hydrogens (tertiary/aromatic N) is 5. The Kier molecular flexibility index (Phi) is 6.86. The topological polar surface area (TPSA) is 95.8 Å². The summed E-state index contributed by atoms with van der Waals surface area (Å²) in [5.74, 6) is -0.202. The van der Waals surface area contributed by atoms with E-state index in [1.807, 2.05) is 24.3 Å². The summed E-state index contributed by atoms with van der Waals surface area (Å²) >= 11 is 15.9. The standard InChI is InChI=1S/C24H22BrCl2N5O4S/c1-24(13-16-2-4-17(25)5-3-16)22(34)31(20-11-18(26)10-19(27)12-20)23-28-14-21(32(23)24)37(35,36)30-8-6-29(15-33)7-9-30/h2-5,10-12,14-15H,6-9,13H2,1H3. The van der Waals surface area contributed by atoms with Crippen LogP contribution in [0.1, 0.15) is 12.5 Å². The summed E-state index contributed by atoms with van der Waals surface area (Å²) < 4.78 is 31.4. The Labute approximate surface area is 232 Å². The van der Waals surface area contributed by atoms with Crippen LogP contribution in [0.25, 0.3) is 0 Å². The molecule has 9 nitrogen and oxygen atoms in total. The molecule has 0 aliphatic carbocycles. The van der Waals surface area contributed by atoms with Gasteiger partial charge in [0, 0.05) is 47.1 Å². The highest BCUT2D eigenvalue weighted by Crippen LogP contribution is 2.44. The molecule has 194 valence electrons. The summed E-state index contributed by atoms with van der Waals surface area (Å²) in [6.45, 7) is 2.56. The first-order chi connectivity index (χ1) is 17.5. The molecule has 13 heteroatoms. The highest BCUT2D eigenvalue weighted by Gasteiger charge is 2.52. The van der Waals surface area contributed by atoms with Crippen LogP contribution in [-0.2, 0) is 31.6 Å². The fourth-order valence-corrected chi connectivity index (χ4v) is 7.18. The maximum absolute atomic E-state index is 14.1. The maximum Gasteiger partial charge on any atom is 0.260 e. The van der Waals surface area contributed by atoms with Gasteiger partial charge in [-0.25, -0.2) is 18.3 Å². The number of imidazole rings is 1. The van der Waals surface area contributed by atoms with Gasteiger partial charge in [0.05, 0.1) is 11.9 Å². The van der Waals surface area contributed by atoms with Gasteiger partial charge in [-0.05, 0) is 42.8 Å². The number of piperazine rings is 1. The molecule has 2 aliphatic heterocycles. The average molecular weight is 627 g/mol. The fraction of sp³-hybridized carbons (Fsp3) is 0.292. The number of fused-ring (bicyclic) bond motifs is 1. The zero-order valence-corrected chi connectivity index (χ0v) is 23.6. The molecule has 37 heavy (non-hydrogen) atoms. The maximum atomic E-state index is 14.1. The van der Waals surface area contributed by atoms with E-state index in [1.165, 1.54) is 24.9 Å². The Hall–Kier alpha value is -2.44. The molecule has 5 rings (SSSR count). The van der Waals surface area contributed by atoms with Gasteiger partial charge in [0.1, 0.15) is 5.54 Å². The van der Waals surface area contributed by atoms with Crippen molar-refractivity contribution in [2.24, 2.45) is 0 Å². The molecule has 0 N–H and O–H groups in total. The molecule has 1 saturated heterocycles. The van der Waals surface area contributed by atoms with Crippen LogP contribution in [0.5, 0.6) is 0 Å². The number of halogens is 3. The van der Waals surface area contributed by atoms with Gasteiger partial charge in [-0.1, -0.05) is 51.3 Å². The van der Waals surface area contributed by atoms with E-state index in [0.29, 0.717) is 22.1 Å². The highest BCUT2D eigenvalue weighted by molar-refractivity contribution is 9.10. The van der Waals surface area contributed by atoms with E-state index < -0.39 is 15.6 Å². The zero-order valence-electron chi connectivity index (χ0n) is 19.6. The van der Waals surface area contributed by atoms with E-state index in [-0.39, 0.29) is 49.5 Å². The number of sulfonamides is 1. The second kappa shape index (κ2) is 9.70. The number of hydrogen-bond donors (Lipinski definition) is 0.